The Labute approximate surface area is 130 Å². The fourth-order valence-corrected chi connectivity index (χ4v) is 2.91. The third kappa shape index (κ3) is 4.56. The number of hydrogen-bond donors (Lipinski definition) is 1. The predicted octanol–water partition coefficient (Wildman–Crippen LogP) is 3.34. The van der Waals surface area contributed by atoms with Crippen LogP contribution in [0.15, 0.2) is 47.4 Å². The van der Waals surface area contributed by atoms with E-state index in [1.54, 1.807) is 12.1 Å². The Kier molecular flexibility index (Phi) is 5.04. The number of hydrogen-bond acceptors (Lipinski definition) is 3. The monoisotopic (exact) mass is 323 g/mol. The van der Waals surface area contributed by atoms with Gasteiger partial charge in [0.1, 0.15) is 0 Å². The summed E-state index contributed by atoms with van der Waals surface area (Å²) in [7, 11) is -3.13. The van der Waals surface area contributed by atoms with E-state index in [1.165, 1.54) is 11.8 Å². The SMILES string of the molecule is Cc1cc(Cl)ccc1CNCc1ccc(S(C)(=O)=O)cc1. The van der Waals surface area contributed by atoms with Gasteiger partial charge in [0.25, 0.3) is 0 Å². The maximum atomic E-state index is 11.4. The van der Waals surface area contributed by atoms with Crippen molar-refractivity contribution >= 4 is 21.4 Å². The molecule has 0 spiro atoms. The molecule has 112 valence electrons. The maximum absolute atomic E-state index is 11.4. The standard InChI is InChI=1S/C16H18ClNO2S/c1-12-9-15(17)6-5-14(12)11-18-10-13-3-7-16(8-4-13)21(2,19)20/h3-9,18H,10-11H2,1-2H3. The second-order valence-corrected chi connectivity index (χ2v) is 7.54. The van der Waals surface area contributed by atoms with Crippen LogP contribution >= 0.6 is 11.6 Å². The minimum atomic E-state index is -3.13. The first-order valence-electron chi connectivity index (χ1n) is 6.61. The zero-order chi connectivity index (χ0) is 15.5. The fraction of sp³-hybridized carbons (Fsp3) is 0.250. The molecule has 2 aromatic carbocycles. The van der Waals surface area contributed by atoms with Gasteiger partial charge in [0.15, 0.2) is 9.84 Å². The van der Waals surface area contributed by atoms with Crippen LogP contribution in [0.2, 0.25) is 5.02 Å². The third-order valence-electron chi connectivity index (χ3n) is 3.30. The summed E-state index contributed by atoms with van der Waals surface area (Å²) in [6.07, 6.45) is 1.21. The van der Waals surface area contributed by atoms with E-state index < -0.39 is 9.84 Å². The number of rotatable bonds is 5. The number of halogens is 1. The summed E-state index contributed by atoms with van der Waals surface area (Å²) < 4.78 is 22.8. The molecule has 0 radical (unpaired) electrons. The quantitative estimate of drug-likeness (QED) is 0.918. The third-order valence-corrected chi connectivity index (χ3v) is 4.66. The lowest BCUT2D eigenvalue weighted by Gasteiger charge is -2.09. The van der Waals surface area contributed by atoms with E-state index in [1.807, 2.05) is 37.3 Å². The van der Waals surface area contributed by atoms with Gasteiger partial charge < -0.3 is 5.32 Å². The van der Waals surface area contributed by atoms with Gasteiger partial charge in [-0.1, -0.05) is 29.8 Å². The van der Waals surface area contributed by atoms with Crippen LogP contribution in [0.5, 0.6) is 0 Å². The van der Waals surface area contributed by atoms with Crippen LogP contribution in [0.25, 0.3) is 0 Å². The molecule has 0 fully saturated rings. The first-order chi connectivity index (χ1) is 9.86. The molecule has 0 aliphatic carbocycles. The maximum Gasteiger partial charge on any atom is 0.175 e. The van der Waals surface area contributed by atoms with Crippen LogP contribution in [0.3, 0.4) is 0 Å². The van der Waals surface area contributed by atoms with Crippen LogP contribution in [-0.2, 0) is 22.9 Å². The normalized spacial score (nSPS) is 11.6. The molecule has 0 saturated heterocycles. The van der Waals surface area contributed by atoms with E-state index in [4.69, 9.17) is 11.6 Å². The highest BCUT2D eigenvalue weighted by atomic mass is 35.5. The van der Waals surface area contributed by atoms with Gasteiger partial charge in [0.2, 0.25) is 0 Å². The predicted molar refractivity (Wildman–Crippen MR) is 86.3 cm³/mol. The lowest BCUT2D eigenvalue weighted by molar-refractivity contribution is 0.602. The van der Waals surface area contributed by atoms with E-state index >= 15 is 0 Å². The van der Waals surface area contributed by atoms with Gasteiger partial charge in [0, 0.05) is 24.4 Å². The number of aryl methyl sites for hydroxylation is 1. The van der Waals surface area contributed by atoms with Crippen LogP contribution in [0, 0.1) is 6.92 Å². The largest absolute Gasteiger partial charge is 0.309 e. The molecule has 0 bridgehead atoms. The number of nitrogens with one attached hydrogen (secondary N) is 1. The smallest absolute Gasteiger partial charge is 0.175 e. The second-order valence-electron chi connectivity index (χ2n) is 5.09. The van der Waals surface area contributed by atoms with Gasteiger partial charge in [-0.25, -0.2) is 8.42 Å². The van der Waals surface area contributed by atoms with Gasteiger partial charge in [-0.3, -0.25) is 0 Å². The van der Waals surface area contributed by atoms with Gasteiger partial charge >= 0.3 is 0 Å². The van der Waals surface area contributed by atoms with Crippen LogP contribution < -0.4 is 5.32 Å². The van der Waals surface area contributed by atoms with E-state index in [-0.39, 0.29) is 0 Å². The zero-order valence-electron chi connectivity index (χ0n) is 12.1. The van der Waals surface area contributed by atoms with Crippen molar-refractivity contribution < 1.29 is 8.42 Å². The highest BCUT2D eigenvalue weighted by Gasteiger charge is 2.06. The molecule has 5 heteroatoms. The molecule has 0 aromatic heterocycles. The lowest BCUT2D eigenvalue weighted by atomic mass is 10.1. The molecular formula is C16H18ClNO2S. The Morgan fingerprint density at radius 1 is 1.05 bits per heavy atom. The Bertz CT molecular complexity index is 724. The van der Waals surface area contributed by atoms with Crippen molar-refractivity contribution in [2.75, 3.05) is 6.26 Å². The summed E-state index contributed by atoms with van der Waals surface area (Å²) in [5.74, 6) is 0. The van der Waals surface area contributed by atoms with Crippen molar-refractivity contribution in [3.63, 3.8) is 0 Å². The van der Waals surface area contributed by atoms with Gasteiger partial charge in [-0.05, 0) is 47.9 Å². The average molecular weight is 324 g/mol. The van der Waals surface area contributed by atoms with Crippen LogP contribution in [0.4, 0.5) is 0 Å². The summed E-state index contributed by atoms with van der Waals surface area (Å²) in [6.45, 7) is 3.47. The highest BCUT2D eigenvalue weighted by molar-refractivity contribution is 7.90. The summed E-state index contributed by atoms with van der Waals surface area (Å²) >= 11 is 5.93. The molecule has 1 N–H and O–H groups in total. The molecule has 0 atom stereocenters. The highest BCUT2D eigenvalue weighted by Crippen LogP contribution is 2.15. The van der Waals surface area contributed by atoms with Crippen molar-refractivity contribution in [3.8, 4) is 0 Å². The molecule has 0 heterocycles. The Morgan fingerprint density at radius 2 is 1.71 bits per heavy atom. The summed E-state index contributed by atoms with van der Waals surface area (Å²) in [5.41, 5.74) is 3.41. The van der Waals surface area contributed by atoms with E-state index in [9.17, 15) is 8.42 Å². The van der Waals surface area contributed by atoms with Crippen molar-refractivity contribution in [1.29, 1.82) is 0 Å². The number of benzene rings is 2. The van der Waals surface area contributed by atoms with Crippen molar-refractivity contribution in [2.45, 2.75) is 24.9 Å². The zero-order valence-corrected chi connectivity index (χ0v) is 13.6. The van der Waals surface area contributed by atoms with Crippen molar-refractivity contribution in [2.24, 2.45) is 0 Å². The Morgan fingerprint density at radius 3 is 2.29 bits per heavy atom. The minimum Gasteiger partial charge on any atom is -0.309 e. The van der Waals surface area contributed by atoms with Gasteiger partial charge in [-0.15, -0.1) is 0 Å². The summed E-state index contributed by atoms with van der Waals surface area (Å²) in [6, 6.07) is 12.8. The Hall–Kier alpha value is -1.36. The number of sulfone groups is 1. The van der Waals surface area contributed by atoms with Gasteiger partial charge in [-0.2, -0.15) is 0 Å². The summed E-state index contributed by atoms with van der Waals surface area (Å²) in [5, 5.41) is 4.09. The van der Waals surface area contributed by atoms with E-state index in [0.717, 1.165) is 22.7 Å². The molecule has 21 heavy (non-hydrogen) atoms. The molecule has 2 rings (SSSR count). The first-order valence-corrected chi connectivity index (χ1v) is 8.88. The van der Waals surface area contributed by atoms with E-state index in [2.05, 4.69) is 5.32 Å². The topological polar surface area (TPSA) is 46.2 Å². The Balaban J connectivity index is 1.94. The molecule has 0 unspecified atom stereocenters. The lowest BCUT2D eigenvalue weighted by Crippen LogP contribution is -2.13. The molecule has 0 aliphatic rings. The molecular weight excluding hydrogens is 306 g/mol. The van der Waals surface area contributed by atoms with Crippen molar-refractivity contribution in [1.82, 2.24) is 5.32 Å². The second kappa shape index (κ2) is 6.60. The van der Waals surface area contributed by atoms with Crippen LogP contribution in [-0.4, -0.2) is 14.7 Å². The summed E-state index contributed by atoms with van der Waals surface area (Å²) in [4.78, 5) is 0.347. The van der Waals surface area contributed by atoms with Crippen molar-refractivity contribution in [3.05, 3.63) is 64.2 Å². The molecule has 2 aromatic rings. The fourth-order valence-electron chi connectivity index (χ4n) is 2.05. The molecule has 0 saturated carbocycles. The molecule has 0 aliphatic heterocycles. The minimum absolute atomic E-state index is 0.347. The van der Waals surface area contributed by atoms with Crippen LogP contribution in [0.1, 0.15) is 16.7 Å². The first kappa shape index (κ1) is 16.0. The van der Waals surface area contributed by atoms with Gasteiger partial charge in [0.05, 0.1) is 4.90 Å². The molecule has 3 nitrogen and oxygen atoms in total. The molecule has 0 amide bonds. The van der Waals surface area contributed by atoms with E-state index in [0.29, 0.717) is 11.4 Å². The average Bonchev–Trinajstić information content (AvgIpc) is 2.41.